The minimum atomic E-state index is -3.31. The summed E-state index contributed by atoms with van der Waals surface area (Å²) in [5.41, 5.74) is 0. The molecule has 1 unspecified atom stereocenters. The van der Waals surface area contributed by atoms with Gasteiger partial charge in [0, 0.05) is 12.5 Å². The Morgan fingerprint density at radius 3 is 2.28 bits per heavy atom. The molecule has 0 aromatic carbocycles. The molecule has 0 spiro atoms. The minimum Gasteiger partial charge on any atom is -0.469 e. The highest BCUT2D eigenvalue weighted by Gasteiger charge is 2.20. The number of sulfonamides is 1. The molecule has 0 aromatic rings. The van der Waals surface area contributed by atoms with Gasteiger partial charge >= 0.3 is 5.97 Å². The van der Waals surface area contributed by atoms with Crippen molar-refractivity contribution in [2.45, 2.75) is 52.5 Å². The standard InChI is InChI=1S/C12H25NO4S/c1-5-11(6-2)10(3)13-18(15,16)9-7-8-12(14)17-4/h10-11,13H,5-9H2,1-4H3. The van der Waals surface area contributed by atoms with Crippen molar-refractivity contribution in [2.24, 2.45) is 5.92 Å². The SMILES string of the molecule is CCC(CC)C(C)NS(=O)(=O)CCCC(=O)OC. The summed E-state index contributed by atoms with van der Waals surface area (Å²) in [4.78, 5) is 10.9. The third-order valence-electron chi connectivity index (χ3n) is 3.14. The van der Waals surface area contributed by atoms with Crippen LogP contribution in [0.25, 0.3) is 0 Å². The van der Waals surface area contributed by atoms with Crippen molar-refractivity contribution < 1.29 is 17.9 Å². The summed E-state index contributed by atoms with van der Waals surface area (Å²) in [6, 6.07) is -0.0665. The molecule has 0 aromatic heterocycles. The van der Waals surface area contributed by atoms with Gasteiger partial charge in [0.25, 0.3) is 0 Å². The molecule has 6 heteroatoms. The van der Waals surface area contributed by atoms with Gasteiger partial charge in [-0.1, -0.05) is 26.7 Å². The van der Waals surface area contributed by atoms with Gasteiger partial charge in [-0.15, -0.1) is 0 Å². The number of hydrogen-bond donors (Lipinski definition) is 1. The van der Waals surface area contributed by atoms with Crippen LogP contribution < -0.4 is 4.72 Å². The molecule has 0 aliphatic rings. The van der Waals surface area contributed by atoms with Crippen LogP contribution in [0.15, 0.2) is 0 Å². The quantitative estimate of drug-likeness (QED) is 0.652. The zero-order valence-corrected chi connectivity index (χ0v) is 12.5. The highest BCUT2D eigenvalue weighted by Crippen LogP contribution is 2.13. The topological polar surface area (TPSA) is 72.5 Å². The van der Waals surface area contributed by atoms with Crippen LogP contribution in [0.5, 0.6) is 0 Å². The fourth-order valence-corrected chi connectivity index (χ4v) is 3.34. The van der Waals surface area contributed by atoms with Gasteiger partial charge < -0.3 is 4.74 Å². The fourth-order valence-electron chi connectivity index (χ4n) is 1.94. The molecule has 1 atom stereocenters. The Morgan fingerprint density at radius 2 is 1.83 bits per heavy atom. The lowest BCUT2D eigenvalue weighted by atomic mass is 9.96. The smallest absolute Gasteiger partial charge is 0.305 e. The highest BCUT2D eigenvalue weighted by molar-refractivity contribution is 7.89. The number of carbonyl (C=O) groups excluding carboxylic acids is 1. The van der Waals surface area contributed by atoms with Gasteiger partial charge in [0.15, 0.2) is 0 Å². The monoisotopic (exact) mass is 279 g/mol. The van der Waals surface area contributed by atoms with E-state index in [4.69, 9.17) is 0 Å². The van der Waals surface area contributed by atoms with Gasteiger partial charge in [0.05, 0.1) is 12.9 Å². The van der Waals surface area contributed by atoms with Crippen LogP contribution in [0.1, 0.15) is 46.5 Å². The molecule has 108 valence electrons. The van der Waals surface area contributed by atoms with Crippen molar-refractivity contribution in [3.8, 4) is 0 Å². The molecule has 0 heterocycles. The van der Waals surface area contributed by atoms with Crippen LogP contribution in [-0.4, -0.2) is 33.3 Å². The van der Waals surface area contributed by atoms with E-state index in [1.54, 1.807) is 0 Å². The van der Waals surface area contributed by atoms with E-state index in [2.05, 4.69) is 23.3 Å². The van der Waals surface area contributed by atoms with Crippen LogP contribution in [-0.2, 0) is 19.6 Å². The number of nitrogens with one attached hydrogen (secondary N) is 1. The molecule has 0 aliphatic heterocycles. The third kappa shape index (κ3) is 6.96. The zero-order chi connectivity index (χ0) is 14.2. The largest absolute Gasteiger partial charge is 0.469 e. The Labute approximate surface area is 110 Å². The van der Waals surface area contributed by atoms with E-state index in [0.29, 0.717) is 5.92 Å². The van der Waals surface area contributed by atoms with Crippen molar-refractivity contribution in [1.82, 2.24) is 4.72 Å². The highest BCUT2D eigenvalue weighted by atomic mass is 32.2. The molecule has 0 aliphatic carbocycles. The number of methoxy groups -OCH3 is 1. The molecular formula is C12H25NO4S. The summed E-state index contributed by atoms with van der Waals surface area (Å²) in [5.74, 6) is -0.0642. The first-order valence-corrected chi connectivity index (χ1v) is 8.08. The molecular weight excluding hydrogens is 254 g/mol. The Bertz CT molecular complexity index is 336. The summed E-state index contributed by atoms with van der Waals surface area (Å²) in [7, 11) is -2.01. The summed E-state index contributed by atoms with van der Waals surface area (Å²) >= 11 is 0. The average Bonchev–Trinajstić information content (AvgIpc) is 2.29. The lowest BCUT2D eigenvalue weighted by Gasteiger charge is -2.22. The number of ether oxygens (including phenoxy) is 1. The molecule has 0 saturated carbocycles. The second kappa shape index (κ2) is 8.48. The Balaban J connectivity index is 4.18. The normalized spacial score (nSPS) is 13.6. The average molecular weight is 279 g/mol. The fraction of sp³-hybridized carbons (Fsp3) is 0.917. The van der Waals surface area contributed by atoms with Crippen LogP contribution in [0.3, 0.4) is 0 Å². The molecule has 0 rings (SSSR count). The summed E-state index contributed by atoms with van der Waals surface area (Å²) < 4.78 is 30.7. The lowest BCUT2D eigenvalue weighted by molar-refractivity contribution is -0.140. The van der Waals surface area contributed by atoms with Crippen LogP contribution >= 0.6 is 0 Å². The van der Waals surface area contributed by atoms with Crippen LogP contribution in [0, 0.1) is 5.92 Å². The van der Waals surface area contributed by atoms with Gasteiger partial charge in [-0.2, -0.15) is 0 Å². The second-order valence-corrected chi connectivity index (χ2v) is 6.36. The zero-order valence-electron chi connectivity index (χ0n) is 11.7. The maximum Gasteiger partial charge on any atom is 0.305 e. The van der Waals surface area contributed by atoms with E-state index in [0.717, 1.165) is 12.8 Å². The van der Waals surface area contributed by atoms with Crippen molar-refractivity contribution in [1.29, 1.82) is 0 Å². The van der Waals surface area contributed by atoms with Gasteiger partial charge in [-0.25, -0.2) is 13.1 Å². The molecule has 0 bridgehead atoms. The first kappa shape index (κ1) is 17.4. The molecule has 18 heavy (non-hydrogen) atoms. The number of esters is 1. The second-order valence-electron chi connectivity index (χ2n) is 4.48. The van der Waals surface area contributed by atoms with E-state index < -0.39 is 10.0 Å². The third-order valence-corrected chi connectivity index (χ3v) is 4.70. The lowest BCUT2D eigenvalue weighted by Crippen LogP contribution is -2.39. The first-order valence-electron chi connectivity index (χ1n) is 6.43. The molecule has 0 radical (unpaired) electrons. The summed E-state index contributed by atoms with van der Waals surface area (Å²) in [5, 5.41) is 0. The maximum absolute atomic E-state index is 11.8. The van der Waals surface area contributed by atoms with Crippen molar-refractivity contribution in [2.75, 3.05) is 12.9 Å². The molecule has 0 amide bonds. The molecule has 0 saturated heterocycles. The van der Waals surface area contributed by atoms with E-state index in [9.17, 15) is 13.2 Å². The van der Waals surface area contributed by atoms with Crippen molar-refractivity contribution >= 4 is 16.0 Å². The molecule has 5 nitrogen and oxygen atoms in total. The molecule has 0 fully saturated rings. The minimum absolute atomic E-state index is 0.0351. The summed E-state index contributed by atoms with van der Waals surface area (Å²) in [6.07, 6.45) is 2.32. The van der Waals surface area contributed by atoms with Gasteiger partial charge in [-0.3, -0.25) is 4.79 Å². The van der Waals surface area contributed by atoms with Crippen LogP contribution in [0.4, 0.5) is 0 Å². The Morgan fingerprint density at radius 1 is 1.28 bits per heavy atom. The van der Waals surface area contributed by atoms with E-state index in [1.165, 1.54) is 7.11 Å². The van der Waals surface area contributed by atoms with Crippen molar-refractivity contribution in [3.63, 3.8) is 0 Å². The first-order chi connectivity index (χ1) is 8.36. The van der Waals surface area contributed by atoms with E-state index in [1.807, 2.05) is 6.92 Å². The van der Waals surface area contributed by atoms with Crippen LogP contribution in [0.2, 0.25) is 0 Å². The van der Waals surface area contributed by atoms with Crippen molar-refractivity contribution in [3.05, 3.63) is 0 Å². The Hall–Kier alpha value is -0.620. The maximum atomic E-state index is 11.8. The Kier molecular flexibility index (Phi) is 8.18. The molecule has 1 N–H and O–H groups in total. The van der Waals surface area contributed by atoms with Gasteiger partial charge in [0.1, 0.15) is 0 Å². The number of rotatable bonds is 9. The van der Waals surface area contributed by atoms with E-state index in [-0.39, 0.29) is 30.6 Å². The number of carbonyl (C=O) groups is 1. The predicted molar refractivity (Wildman–Crippen MR) is 71.7 cm³/mol. The summed E-state index contributed by atoms with van der Waals surface area (Å²) in [6.45, 7) is 5.99. The van der Waals surface area contributed by atoms with Gasteiger partial charge in [-0.05, 0) is 19.3 Å². The van der Waals surface area contributed by atoms with E-state index >= 15 is 0 Å². The predicted octanol–water partition coefficient (Wildman–Crippen LogP) is 1.68. The van der Waals surface area contributed by atoms with Gasteiger partial charge in [0.2, 0.25) is 10.0 Å². The number of hydrogen-bond acceptors (Lipinski definition) is 4.